The van der Waals surface area contributed by atoms with Gasteiger partial charge in [-0.2, -0.15) is 0 Å². The molecule has 1 N–H and O–H groups in total. The van der Waals surface area contributed by atoms with Crippen LogP contribution in [-0.2, 0) is 16.1 Å². The predicted molar refractivity (Wildman–Crippen MR) is 75.7 cm³/mol. The number of hydrogen-bond donors (Lipinski definition) is 1. The molecule has 0 aliphatic carbocycles. The van der Waals surface area contributed by atoms with Crippen LogP contribution in [-0.4, -0.2) is 31.0 Å². The van der Waals surface area contributed by atoms with Gasteiger partial charge in [-0.05, 0) is 31.5 Å². The summed E-state index contributed by atoms with van der Waals surface area (Å²) in [6.07, 6.45) is 0.329. The number of ether oxygens (including phenoxy) is 2. The van der Waals surface area contributed by atoms with Gasteiger partial charge in [0.25, 0.3) is 0 Å². The lowest BCUT2D eigenvalue weighted by molar-refractivity contribution is -0.0116. The van der Waals surface area contributed by atoms with Crippen molar-refractivity contribution < 1.29 is 19.0 Å². The summed E-state index contributed by atoms with van der Waals surface area (Å²) in [5.41, 5.74) is 1.19. The van der Waals surface area contributed by atoms with Crippen LogP contribution in [0.1, 0.15) is 31.4 Å². The first-order valence-corrected chi connectivity index (χ1v) is 6.74. The molecule has 0 spiro atoms. The van der Waals surface area contributed by atoms with Crippen molar-refractivity contribution in [1.29, 1.82) is 0 Å². The number of aliphatic hydroxyl groups excluding tert-OH is 1. The summed E-state index contributed by atoms with van der Waals surface area (Å²) in [5, 5.41) is 8.66. The summed E-state index contributed by atoms with van der Waals surface area (Å²) in [7, 11) is 0. The molecule has 0 saturated heterocycles. The third-order valence-electron chi connectivity index (χ3n) is 2.58. The van der Waals surface area contributed by atoms with Crippen molar-refractivity contribution in [2.45, 2.75) is 33.0 Å². The molecule has 1 unspecified atom stereocenters. The Labute approximate surface area is 119 Å². The van der Waals surface area contributed by atoms with E-state index < -0.39 is 0 Å². The van der Waals surface area contributed by atoms with Crippen LogP contribution in [0, 0.1) is 17.7 Å². The van der Waals surface area contributed by atoms with Crippen molar-refractivity contribution in [3.8, 4) is 11.8 Å². The smallest absolute Gasteiger partial charge is 0.138 e. The number of rotatable bonds is 7. The van der Waals surface area contributed by atoms with Gasteiger partial charge in [0.05, 0.1) is 31.5 Å². The molecule has 1 aromatic rings. The number of benzene rings is 1. The van der Waals surface area contributed by atoms with Gasteiger partial charge in [-0.15, -0.1) is 0 Å². The Balaban J connectivity index is 2.59. The minimum absolute atomic E-state index is 0.0103. The van der Waals surface area contributed by atoms with Crippen LogP contribution in [0.2, 0.25) is 0 Å². The molecule has 20 heavy (non-hydrogen) atoms. The maximum Gasteiger partial charge on any atom is 0.138 e. The van der Waals surface area contributed by atoms with Crippen LogP contribution in [0.5, 0.6) is 0 Å². The topological polar surface area (TPSA) is 38.7 Å². The van der Waals surface area contributed by atoms with Gasteiger partial charge in [0.15, 0.2) is 0 Å². The maximum atomic E-state index is 13.5. The predicted octanol–water partition coefficient (Wildman–Crippen LogP) is 2.50. The first-order valence-electron chi connectivity index (χ1n) is 6.74. The fraction of sp³-hybridized carbons (Fsp3) is 0.500. The molecular weight excluding hydrogens is 259 g/mol. The highest BCUT2D eigenvalue weighted by molar-refractivity contribution is 5.38. The molecular formula is C16H21FO3. The van der Waals surface area contributed by atoms with E-state index in [1.54, 1.807) is 12.1 Å². The van der Waals surface area contributed by atoms with Crippen LogP contribution in [0.3, 0.4) is 0 Å². The van der Waals surface area contributed by atoms with Crippen LogP contribution in [0.15, 0.2) is 18.2 Å². The summed E-state index contributed by atoms with van der Waals surface area (Å²) in [5.74, 6) is 5.06. The zero-order valence-electron chi connectivity index (χ0n) is 12.0. The first kappa shape index (κ1) is 16.6. The fourth-order valence-electron chi connectivity index (χ4n) is 1.54. The Morgan fingerprint density at radius 3 is 2.90 bits per heavy atom. The third-order valence-corrected chi connectivity index (χ3v) is 2.58. The van der Waals surface area contributed by atoms with E-state index in [4.69, 9.17) is 14.6 Å². The lowest BCUT2D eigenvalue weighted by Crippen LogP contribution is -2.15. The van der Waals surface area contributed by atoms with Crippen molar-refractivity contribution in [1.82, 2.24) is 0 Å². The van der Waals surface area contributed by atoms with Crippen LogP contribution >= 0.6 is 0 Å². The summed E-state index contributed by atoms with van der Waals surface area (Å²) in [6.45, 7) is 5.44. The van der Waals surface area contributed by atoms with E-state index in [0.29, 0.717) is 31.8 Å². The molecule has 0 saturated carbocycles. The van der Waals surface area contributed by atoms with Gasteiger partial charge >= 0.3 is 0 Å². The normalized spacial score (nSPS) is 11.8. The largest absolute Gasteiger partial charge is 0.395 e. The Bertz CT molecular complexity index is 463. The number of aliphatic hydroxyl groups is 1. The highest BCUT2D eigenvalue weighted by Crippen LogP contribution is 2.11. The molecule has 0 radical (unpaired) electrons. The molecule has 1 rings (SSSR count). The molecule has 0 fully saturated rings. The minimum atomic E-state index is -0.360. The van der Waals surface area contributed by atoms with E-state index in [1.807, 2.05) is 13.8 Å². The molecule has 1 atom stereocenters. The molecule has 0 heterocycles. The summed E-state index contributed by atoms with van der Waals surface area (Å²) < 4.78 is 24.4. The van der Waals surface area contributed by atoms with E-state index in [2.05, 4.69) is 11.8 Å². The summed E-state index contributed by atoms with van der Waals surface area (Å²) in [6, 6.07) is 4.74. The number of halogens is 1. The van der Waals surface area contributed by atoms with Gasteiger partial charge in [-0.3, -0.25) is 0 Å². The lowest BCUT2D eigenvalue weighted by Gasteiger charge is -2.13. The molecule has 0 bridgehead atoms. The van der Waals surface area contributed by atoms with Crippen molar-refractivity contribution in [2.75, 3.05) is 19.8 Å². The second-order valence-corrected chi connectivity index (χ2v) is 4.37. The Morgan fingerprint density at radius 1 is 1.40 bits per heavy atom. The van der Waals surface area contributed by atoms with Crippen molar-refractivity contribution >= 4 is 0 Å². The number of hydrogen-bond acceptors (Lipinski definition) is 3. The van der Waals surface area contributed by atoms with Crippen molar-refractivity contribution in [3.63, 3.8) is 0 Å². The Hall–Kier alpha value is -1.41. The van der Waals surface area contributed by atoms with E-state index in [9.17, 15) is 4.39 Å². The third kappa shape index (κ3) is 6.16. The molecule has 1 aromatic carbocycles. The quantitative estimate of drug-likeness (QED) is 0.780. The average molecular weight is 280 g/mol. The Morgan fingerprint density at radius 2 is 2.20 bits per heavy atom. The SMILES string of the molecule is CCOCC(C)OCc1ccc(F)c(C#CCCO)c1. The van der Waals surface area contributed by atoms with E-state index in [1.165, 1.54) is 6.07 Å². The molecule has 0 aromatic heterocycles. The summed E-state index contributed by atoms with van der Waals surface area (Å²) in [4.78, 5) is 0. The van der Waals surface area contributed by atoms with E-state index in [-0.39, 0.29) is 18.5 Å². The van der Waals surface area contributed by atoms with Gasteiger partial charge in [0.1, 0.15) is 5.82 Å². The van der Waals surface area contributed by atoms with Crippen molar-refractivity contribution in [3.05, 3.63) is 35.1 Å². The minimum Gasteiger partial charge on any atom is -0.395 e. The molecule has 0 aliphatic rings. The zero-order valence-corrected chi connectivity index (χ0v) is 12.0. The molecule has 0 amide bonds. The van der Waals surface area contributed by atoms with Crippen LogP contribution in [0.25, 0.3) is 0 Å². The first-order chi connectivity index (χ1) is 9.67. The molecule has 3 nitrogen and oxygen atoms in total. The van der Waals surface area contributed by atoms with Gasteiger partial charge in [-0.1, -0.05) is 17.9 Å². The van der Waals surface area contributed by atoms with Gasteiger partial charge in [-0.25, -0.2) is 4.39 Å². The highest BCUT2D eigenvalue weighted by Gasteiger charge is 2.05. The average Bonchev–Trinajstić information content (AvgIpc) is 2.45. The van der Waals surface area contributed by atoms with Gasteiger partial charge < -0.3 is 14.6 Å². The second-order valence-electron chi connectivity index (χ2n) is 4.37. The van der Waals surface area contributed by atoms with Gasteiger partial charge in [0.2, 0.25) is 0 Å². The van der Waals surface area contributed by atoms with Gasteiger partial charge in [0, 0.05) is 13.0 Å². The molecule has 110 valence electrons. The van der Waals surface area contributed by atoms with Crippen LogP contribution < -0.4 is 0 Å². The second kappa shape index (κ2) is 9.49. The molecule has 0 aliphatic heterocycles. The highest BCUT2D eigenvalue weighted by atomic mass is 19.1. The maximum absolute atomic E-state index is 13.5. The molecule has 4 heteroatoms. The monoisotopic (exact) mass is 280 g/mol. The van der Waals surface area contributed by atoms with E-state index >= 15 is 0 Å². The fourth-order valence-corrected chi connectivity index (χ4v) is 1.54. The summed E-state index contributed by atoms with van der Waals surface area (Å²) >= 11 is 0. The Kier molecular flexibility index (Phi) is 7.89. The standard InChI is InChI=1S/C16H21FO3/c1-3-19-11-13(2)20-12-14-7-8-16(17)15(10-14)6-4-5-9-18/h7-8,10,13,18H,3,5,9,11-12H2,1-2H3. The van der Waals surface area contributed by atoms with E-state index in [0.717, 1.165) is 5.56 Å². The lowest BCUT2D eigenvalue weighted by atomic mass is 10.1. The zero-order chi connectivity index (χ0) is 14.8. The van der Waals surface area contributed by atoms with Crippen molar-refractivity contribution in [2.24, 2.45) is 0 Å². The van der Waals surface area contributed by atoms with Crippen LogP contribution in [0.4, 0.5) is 4.39 Å².